The molecule has 9 heteroatoms. The zero-order valence-electron chi connectivity index (χ0n) is 14.9. The lowest BCUT2D eigenvalue weighted by molar-refractivity contribution is 0.102. The number of nitrogens with one attached hydrogen (secondary N) is 2. The van der Waals surface area contributed by atoms with Crippen LogP contribution in [0.2, 0.25) is 0 Å². The minimum absolute atomic E-state index is 0.0756. The fourth-order valence-electron chi connectivity index (χ4n) is 2.71. The van der Waals surface area contributed by atoms with E-state index in [9.17, 15) is 18.7 Å². The Morgan fingerprint density at radius 3 is 2.62 bits per heavy atom. The molecule has 0 atom stereocenters. The third-order valence-electron chi connectivity index (χ3n) is 4.18. The second kappa shape index (κ2) is 7.55. The molecule has 0 radical (unpaired) electrons. The van der Waals surface area contributed by atoms with Crippen molar-refractivity contribution in [3.63, 3.8) is 0 Å². The average molecular weight is 395 g/mol. The molecule has 0 aliphatic carbocycles. The molecule has 0 bridgehead atoms. The molecule has 2 aromatic carbocycles. The van der Waals surface area contributed by atoms with Gasteiger partial charge in [-0.1, -0.05) is 12.1 Å². The number of phenolic OH excluding ortho intramolecular Hbond substituents is 1. The Labute approximate surface area is 163 Å². The molecule has 4 aromatic rings. The summed E-state index contributed by atoms with van der Waals surface area (Å²) in [4.78, 5) is 16.7. The number of imidazole rings is 1. The van der Waals surface area contributed by atoms with Gasteiger partial charge >= 0.3 is 0 Å². The van der Waals surface area contributed by atoms with E-state index in [1.165, 1.54) is 35.0 Å². The summed E-state index contributed by atoms with van der Waals surface area (Å²) >= 11 is 0. The summed E-state index contributed by atoms with van der Waals surface area (Å²) in [7, 11) is 0. The minimum Gasteiger partial charge on any atom is -0.508 e. The number of benzene rings is 2. The predicted molar refractivity (Wildman–Crippen MR) is 103 cm³/mol. The van der Waals surface area contributed by atoms with Crippen LogP contribution in [-0.4, -0.2) is 25.6 Å². The van der Waals surface area contributed by atoms with Gasteiger partial charge in [-0.2, -0.15) is 0 Å². The molecule has 0 aliphatic rings. The summed E-state index contributed by atoms with van der Waals surface area (Å²) in [5, 5.41) is 19.1. The molecule has 0 unspecified atom stereocenters. The van der Waals surface area contributed by atoms with Crippen molar-refractivity contribution >= 4 is 23.1 Å². The summed E-state index contributed by atoms with van der Waals surface area (Å²) < 4.78 is 28.2. The van der Waals surface area contributed by atoms with Crippen LogP contribution in [0.3, 0.4) is 0 Å². The third-order valence-corrected chi connectivity index (χ3v) is 4.18. The third kappa shape index (κ3) is 3.98. The van der Waals surface area contributed by atoms with E-state index in [2.05, 4.69) is 20.7 Å². The lowest BCUT2D eigenvalue weighted by Gasteiger charge is -2.08. The minimum atomic E-state index is -0.762. The first-order valence-corrected chi connectivity index (χ1v) is 8.62. The first-order valence-electron chi connectivity index (χ1n) is 8.62. The first-order chi connectivity index (χ1) is 14.0. The van der Waals surface area contributed by atoms with E-state index in [4.69, 9.17) is 0 Å². The number of hydrogen-bond acceptors (Lipinski definition) is 5. The Morgan fingerprint density at radius 2 is 1.86 bits per heavy atom. The number of fused-ring (bicyclic) bond motifs is 1. The number of halogens is 2. The summed E-state index contributed by atoms with van der Waals surface area (Å²) in [6, 6.07) is 12.9. The second-order valence-electron chi connectivity index (χ2n) is 6.23. The summed E-state index contributed by atoms with van der Waals surface area (Å²) in [6.07, 6.45) is 1.33. The van der Waals surface area contributed by atoms with Gasteiger partial charge in [0, 0.05) is 12.6 Å². The highest BCUT2D eigenvalue weighted by Crippen LogP contribution is 2.20. The van der Waals surface area contributed by atoms with Gasteiger partial charge in [-0.3, -0.25) is 4.79 Å². The van der Waals surface area contributed by atoms with Crippen LogP contribution in [0, 0.1) is 11.6 Å². The number of nitrogens with zero attached hydrogens (tertiary/aromatic N) is 3. The van der Waals surface area contributed by atoms with Crippen LogP contribution in [0.25, 0.3) is 5.65 Å². The molecule has 2 heterocycles. The van der Waals surface area contributed by atoms with Crippen molar-refractivity contribution in [2.24, 2.45) is 0 Å². The van der Waals surface area contributed by atoms with Crippen molar-refractivity contribution in [2.75, 3.05) is 10.6 Å². The monoisotopic (exact) mass is 395 g/mol. The van der Waals surface area contributed by atoms with Crippen molar-refractivity contribution in [3.05, 3.63) is 83.7 Å². The maximum atomic E-state index is 13.9. The number of aromatic nitrogens is 3. The highest BCUT2D eigenvalue weighted by atomic mass is 19.1. The van der Waals surface area contributed by atoms with Crippen LogP contribution in [0.4, 0.5) is 20.3 Å². The van der Waals surface area contributed by atoms with Crippen molar-refractivity contribution in [1.82, 2.24) is 14.6 Å². The molecular formula is C20H15F2N5O2. The molecule has 3 N–H and O–H groups in total. The Kier molecular flexibility index (Phi) is 4.78. The van der Waals surface area contributed by atoms with E-state index in [1.54, 1.807) is 24.3 Å². The molecule has 0 saturated carbocycles. The molecule has 0 spiro atoms. The number of rotatable bonds is 5. The number of anilines is 2. The van der Waals surface area contributed by atoms with Crippen molar-refractivity contribution in [1.29, 1.82) is 0 Å². The summed E-state index contributed by atoms with van der Waals surface area (Å²) in [5.74, 6) is -1.45. The Hall–Kier alpha value is -4.01. The quantitative estimate of drug-likeness (QED) is 0.450. The maximum Gasteiger partial charge on any atom is 0.276 e. The van der Waals surface area contributed by atoms with E-state index < -0.39 is 11.7 Å². The van der Waals surface area contributed by atoms with Crippen LogP contribution < -0.4 is 10.6 Å². The fraction of sp³-hybridized carbons (Fsp3) is 0.0500. The van der Waals surface area contributed by atoms with Crippen molar-refractivity contribution < 1.29 is 18.7 Å². The van der Waals surface area contributed by atoms with Gasteiger partial charge in [0.2, 0.25) is 0 Å². The second-order valence-corrected chi connectivity index (χ2v) is 6.23. The Morgan fingerprint density at radius 1 is 1.07 bits per heavy atom. The number of phenols is 1. The number of carbonyl (C=O) groups excluding carboxylic acids is 1. The van der Waals surface area contributed by atoms with Crippen LogP contribution in [0.5, 0.6) is 5.75 Å². The van der Waals surface area contributed by atoms with Gasteiger partial charge in [0.05, 0.1) is 11.9 Å². The highest BCUT2D eigenvalue weighted by molar-refractivity contribution is 6.03. The lowest BCUT2D eigenvalue weighted by atomic mass is 10.2. The first kappa shape index (κ1) is 18.4. The molecule has 4 rings (SSSR count). The molecule has 0 saturated heterocycles. The number of aromatic hydroxyl groups is 1. The average Bonchev–Trinajstić information content (AvgIpc) is 3.13. The highest BCUT2D eigenvalue weighted by Gasteiger charge is 2.16. The predicted octanol–water partition coefficient (Wildman–Crippen LogP) is 3.58. The summed E-state index contributed by atoms with van der Waals surface area (Å²) in [5.41, 5.74) is 1.33. The van der Waals surface area contributed by atoms with E-state index in [-0.39, 0.29) is 22.9 Å². The van der Waals surface area contributed by atoms with Gasteiger partial charge in [0.15, 0.2) is 11.3 Å². The zero-order valence-corrected chi connectivity index (χ0v) is 14.9. The number of carbonyl (C=O) groups is 1. The largest absolute Gasteiger partial charge is 0.508 e. The van der Waals surface area contributed by atoms with E-state index in [0.717, 1.165) is 11.6 Å². The molecule has 0 fully saturated rings. The van der Waals surface area contributed by atoms with E-state index >= 15 is 0 Å². The SMILES string of the molecule is O=C(Nc1ccc(O)cc1F)c1cnc2ccc(NCc3ccc(F)cc3)nn12. The zero-order chi connectivity index (χ0) is 20.4. The van der Waals surface area contributed by atoms with Crippen molar-refractivity contribution in [3.8, 4) is 5.75 Å². The molecule has 146 valence electrons. The molecule has 7 nitrogen and oxygen atoms in total. The van der Waals surface area contributed by atoms with Gasteiger partial charge in [0.1, 0.15) is 23.2 Å². The lowest BCUT2D eigenvalue weighted by Crippen LogP contribution is -2.16. The number of amides is 1. The Balaban J connectivity index is 1.54. The van der Waals surface area contributed by atoms with Crippen LogP contribution in [0.1, 0.15) is 16.1 Å². The van der Waals surface area contributed by atoms with E-state index in [0.29, 0.717) is 18.0 Å². The fourth-order valence-corrected chi connectivity index (χ4v) is 2.71. The standard InChI is InChI=1S/C20H15F2N5O2/c21-13-3-1-12(2-4-13)10-23-18-7-8-19-24-11-17(27(19)26-18)20(29)25-16-6-5-14(28)9-15(16)22/h1-9,11,28H,10H2,(H,23,26)(H,25,29). The van der Waals surface area contributed by atoms with Gasteiger partial charge in [-0.25, -0.2) is 18.3 Å². The van der Waals surface area contributed by atoms with Crippen LogP contribution >= 0.6 is 0 Å². The van der Waals surface area contributed by atoms with E-state index in [1.807, 2.05) is 0 Å². The van der Waals surface area contributed by atoms with Crippen molar-refractivity contribution in [2.45, 2.75) is 6.54 Å². The van der Waals surface area contributed by atoms with Gasteiger partial charge in [0.25, 0.3) is 5.91 Å². The maximum absolute atomic E-state index is 13.9. The smallest absolute Gasteiger partial charge is 0.276 e. The molecule has 2 aromatic heterocycles. The molecule has 0 aliphatic heterocycles. The van der Waals surface area contributed by atoms with Gasteiger partial charge in [-0.05, 0) is 42.0 Å². The molecule has 1 amide bonds. The summed E-state index contributed by atoms with van der Waals surface area (Å²) in [6.45, 7) is 0.410. The normalized spacial score (nSPS) is 10.8. The molecular weight excluding hydrogens is 380 g/mol. The molecule has 29 heavy (non-hydrogen) atoms. The van der Waals surface area contributed by atoms with Crippen LogP contribution in [0.15, 0.2) is 60.8 Å². The van der Waals surface area contributed by atoms with Crippen LogP contribution in [-0.2, 0) is 6.54 Å². The number of hydrogen-bond donors (Lipinski definition) is 3. The van der Waals surface area contributed by atoms with Gasteiger partial charge < -0.3 is 15.7 Å². The topological polar surface area (TPSA) is 91.5 Å². The Bertz CT molecular complexity index is 1190. The van der Waals surface area contributed by atoms with Gasteiger partial charge in [-0.15, -0.1) is 5.10 Å².